The molecular formula is C28H35N5O14. The Balaban J connectivity index is 1.76. The third-order valence-electron chi connectivity index (χ3n) is 9.01. The lowest BCUT2D eigenvalue weighted by Gasteiger charge is -2.53. The molecular weight excluding hydrogens is 630 g/mol. The van der Waals surface area contributed by atoms with Crippen LogP contribution in [0.25, 0.3) is 0 Å². The van der Waals surface area contributed by atoms with Crippen LogP contribution in [0.5, 0.6) is 5.75 Å². The monoisotopic (exact) mass is 665 g/mol. The number of hydrogen-bond donors (Lipinski definition) is 6. The van der Waals surface area contributed by atoms with Crippen molar-refractivity contribution in [2.24, 2.45) is 11.8 Å². The molecule has 47 heavy (non-hydrogen) atoms. The largest absolute Gasteiger partial charge is 0.510 e. The number of nitrogens with zero attached hydrogens (tertiary/aromatic N) is 4. The highest BCUT2D eigenvalue weighted by Crippen LogP contribution is 2.55. The van der Waals surface area contributed by atoms with Gasteiger partial charge in [-0.05, 0) is 38.6 Å². The fourth-order valence-corrected chi connectivity index (χ4v) is 6.88. The van der Waals surface area contributed by atoms with Crippen molar-refractivity contribution in [3.05, 3.63) is 72.2 Å². The third kappa shape index (κ3) is 5.93. The van der Waals surface area contributed by atoms with Gasteiger partial charge in [-0.25, -0.2) is 0 Å². The van der Waals surface area contributed by atoms with Crippen LogP contribution in [0.3, 0.4) is 0 Å². The van der Waals surface area contributed by atoms with Gasteiger partial charge in [-0.3, -0.25) is 24.2 Å². The number of rotatable bonds is 12. The summed E-state index contributed by atoms with van der Waals surface area (Å²) in [6.45, 7) is 1.42. The molecule has 1 unspecified atom stereocenters. The summed E-state index contributed by atoms with van der Waals surface area (Å²) in [7, 11) is 2.85. The molecule has 1 aromatic carbocycles. The Morgan fingerprint density at radius 2 is 1.66 bits per heavy atom. The first-order valence-electron chi connectivity index (χ1n) is 14.4. The van der Waals surface area contributed by atoms with E-state index in [1.54, 1.807) is 13.0 Å². The lowest BCUT2D eigenvalue weighted by Crippen LogP contribution is -2.68. The molecule has 0 aromatic heterocycles. The molecule has 19 heteroatoms. The van der Waals surface area contributed by atoms with E-state index in [0.717, 1.165) is 0 Å². The summed E-state index contributed by atoms with van der Waals surface area (Å²) in [6, 6.07) is 2.84. The van der Waals surface area contributed by atoms with E-state index in [-0.39, 0.29) is 18.7 Å². The van der Waals surface area contributed by atoms with Crippen LogP contribution in [-0.2, 0) is 19.3 Å². The summed E-state index contributed by atoms with van der Waals surface area (Å²) in [4.78, 5) is 73.7. The molecule has 0 saturated carbocycles. The zero-order chi connectivity index (χ0) is 35.1. The number of carbonyl (C=O) groups excluding carboxylic acids is 3. The second-order valence-corrected chi connectivity index (χ2v) is 11.7. The van der Waals surface area contributed by atoms with Crippen LogP contribution in [0, 0.1) is 32.1 Å². The standard InChI is InChI=1S/C28H35N5O14/c1-12-14-6-5-7-15(34)17(14)22(35)18-16(12)23(36)20-21(30(3)4)24(37)19(26(39)28(20,41)25(18)38)27(40)29-13(2)31(8-10-46-32(42)43)9-11-47-33(44)45/h5-7,12-13,16,20-21,23,34,36-38,41H,8-11H2,1-4H3,(H,29,40)/t12-,13?,16+,20+,21-,23-,28-/m0/s1. The van der Waals surface area contributed by atoms with Gasteiger partial charge >= 0.3 is 0 Å². The van der Waals surface area contributed by atoms with E-state index in [9.17, 15) is 60.1 Å². The van der Waals surface area contributed by atoms with E-state index in [1.807, 2.05) is 0 Å². The lowest BCUT2D eigenvalue weighted by molar-refractivity contribution is -0.758. The van der Waals surface area contributed by atoms with E-state index in [4.69, 9.17) is 0 Å². The number of phenols is 1. The number of phenolic OH excluding ortho intramolecular Hbond substituents is 1. The number of hydrogen-bond acceptors (Lipinski definition) is 16. The lowest BCUT2D eigenvalue weighted by atomic mass is 9.55. The molecule has 256 valence electrons. The van der Waals surface area contributed by atoms with Crippen LogP contribution in [0.2, 0.25) is 0 Å². The first-order valence-corrected chi connectivity index (χ1v) is 14.4. The van der Waals surface area contributed by atoms with Gasteiger partial charge in [0.2, 0.25) is 5.78 Å². The number of ketones is 2. The number of carbonyl (C=O) groups is 3. The van der Waals surface area contributed by atoms with Crippen LogP contribution in [0.15, 0.2) is 40.9 Å². The Hall–Kier alpha value is -4.85. The van der Waals surface area contributed by atoms with Crippen molar-refractivity contribution in [1.82, 2.24) is 15.1 Å². The normalized spacial score (nSPS) is 27.6. The summed E-state index contributed by atoms with van der Waals surface area (Å²) in [6.07, 6.45) is -2.87. The zero-order valence-corrected chi connectivity index (χ0v) is 25.7. The minimum absolute atomic E-state index is 0.188. The molecule has 0 fully saturated rings. The molecule has 4 rings (SSSR count). The maximum atomic E-state index is 14.1. The Morgan fingerprint density at radius 1 is 1.09 bits per heavy atom. The minimum atomic E-state index is -3.10. The van der Waals surface area contributed by atoms with Gasteiger partial charge in [0, 0.05) is 24.6 Å². The van der Waals surface area contributed by atoms with Crippen LogP contribution in [0.4, 0.5) is 0 Å². The fraction of sp³-hybridized carbons (Fsp3) is 0.536. The maximum Gasteiger partial charge on any atom is 0.294 e. The zero-order valence-electron chi connectivity index (χ0n) is 25.7. The Labute approximate surface area is 266 Å². The van der Waals surface area contributed by atoms with Crippen molar-refractivity contribution < 1.29 is 59.8 Å². The number of benzene rings is 1. The molecule has 0 bridgehead atoms. The van der Waals surface area contributed by atoms with Crippen molar-refractivity contribution in [2.45, 2.75) is 43.7 Å². The summed E-state index contributed by atoms with van der Waals surface area (Å²) in [5.74, 6) is -9.76. The second kappa shape index (κ2) is 13.1. The SMILES string of the molecule is CC(NC(=O)C1=C(O)[C@@H](N(C)C)[C@@H]2[C@@H](O)[C@H]3C(=C(O)[C@]2(O)C1=O)C(=O)c1c(O)cccc1[C@@H]3C)N(CCO[N+](=O)[O-])CCO[N+](=O)[O-]. The molecule has 3 aliphatic carbocycles. The highest BCUT2D eigenvalue weighted by Gasteiger charge is 2.67. The number of aliphatic hydroxyl groups excluding tert-OH is 3. The molecule has 1 aromatic rings. The predicted octanol–water partition coefficient (Wildman–Crippen LogP) is -0.652. The first-order chi connectivity index (χ1) is 22.0. The molecule has 0 heterocycles. The van der Waals surface area contributed by atoms with Crippen LogP contribution < -0.4 is 5.32 Å². The summed E-state index contributed by atoms with van der Waals surface area (Å²) in [5.41, 5.74) is -4.48. The highest BCUT2D eigenvalue weighted by atomic mass is 17.0. The van der Waals surface area contributed by atoms with Gasteiger partial charge in [-0.1, -0.05) is 19.1 Å². The van der Waals surface area contributed by atoms with Gasteiger partial charge in [-0.15, -0.1) is 20.2 Å². The number of amides is 1. The first kappa shape index (κ1) is 35.0. The van der Waals surface area contributed by atoms with Crippen LogP contribution in [0.1, 0.15) is 35.7 Å². The number of likely N-dealkylation sites (N-methyl/N-ethyl adjacent to an activating group) is 1. The molecule has 0 radical (unpaired) electrons. The van der Waals surface area contributed by atoms with Gasteiger partial charge in [0.1, 0.15) is 36.1 Å². The maximum absolute atomic E-state index is 14.1. The molecule has 6 N–H and O–H groups in total. The minimum Gasteiger partial charge on any atom is -0.510 e. The Bertz CT molecular complexity index is 1540. The van der Waals surface area contributed by atoms with Gasteiger partial charge in [0.25, 0.3) is 16.1 Å². The average Bonchev–Trinajstić information content (AvgIpc) is 2.97. The highest BCUT2D eigenvalue weighted by molar-refractivity contribution is 6.25. The number of nitrogens with one attached hydrogen (secondary N) is 1. The topological polar surface area (TPSA) is 276 Å². The van der Waals surface area contributed by atoms with Gasteiger partial charge in [0.05, 0.1) is 29.8 Å². The second-order valence-electron chi connectivity index (χ2n) is 11.7. The molecule has 0 aliphatic heterocycles. The Kier molecular flexibility index (Phi) is 9.76. The quantitative estimate of drug-likeness (QED) is 0.0700. The summed E-state index contributed by atoms with van der Waals surface area (Å²) >= 11 is 0. The molecule has 0 saturated heterocycles. The molecule has 0 spiro atoms. The number of aromatic hydroxyl groups is 1. The Morgan fingerprint density at radius 3 is 2.19 bits per heavy atom. The van der Waals surface area contributed by atoms with Crippen molar-refractivity contribution in [2.75, 3.05) is 40.4 Å². The van der Waals surface area contributed by atoms with Crippen LogP contribution >= 0.6 is 0 Å². The number of aliphatic hydroxyl groups is 4. The van der Waals surface area contributed by atoms with Crippen molar-refractivity contribution in [1.29, 1.82) is 0 Å². The van der Waals surface area contributed by atoms with E-state index >= 15 is 0 Å². The van der Waals surface area contributed by atoms with E-state index in [2.05, 4.69) is 15.0 Å². The van der Waals surface area contributed by atoms with Crippen molar-refractivity contribution in [3.63, 3.8) is 0 Å². The van der Waals surface area contributed by atoms with Gasteiger partial charge < -0.3 is 40.5 Å². The van der Waals surface area contributed by atoms with Crippen molar-refractivity contribution in [3.8, 4) is 5.75 Å². The molecule has 7 atom stereocenters. The average molecular weight is 666 g/mol. The van der Waals surface area contributed by atoms with Gasteiger partial charge in [0.15, 0.2) is 11.4 Å². The predicted molar refractivity (Wildman–Crippen MR) is 156 cm³/mol. The third-order valence-corrected chi connectivity index (χ3v) is 9.01. The number of Topliss-reactive ketones (excluding diaryl/α,β-unsaturated/α-hetero) is 2. The molecule has 3 aliphatic rings. The number of fused-ring (bicyclic) bond motifs is 3. The van der Waals surface area contributed by atoms with E-state index in [0.29, 0.717) is 5.56 Å². The molecule has 19 nitrogen and oxygen atoms in total. The summed E-state index contributed by atoms with van der Waals surface area (Å²) < 4.78 is 0. The van der Waals surface area contributed by atoms with E-state index in [1.165, 1.54) is 43.0 Å². The summed E-state index contributed by atoms with van der Waals surface area (Å²) in [5, 5.41) is 78.7. The smallest absolute Gasteiger partial charge is 0.294 e. The fourth-order valence-electron chi connectivity index (χ4n) is 6.88. The van der Waals surface area contributed by atoms with Gasteiger partial charge in [-0.2, -0.15) is 0 Å². The van der Waals surface area contributed by atoms with E-state index < -0.39 is 111 Å². The van der Waals surface area contributed by atoms with Crippen molar-refractivity contribution >= 4 is 17.5 Å². The van der Waals surface area contributed by atoms with Crippen LogP contribution in [-0.4, -0.2) is 127 Å². The molecule has 1 amide bonds.